The van der Waals surface area contributed by atoms with E-state index in [0.717, 1.165) is 4.90 Å². The van der Waals surface area contributed by atoms with Crippen molar-refractivity contribution in [2.75, 3.05) is 32.7 Å². The van der Waals surface area contributed by atoms with Crippen LogP contribution in [0.1, 0.15) is 13.8 Å². The topological polar surface area (TPSA) is 55.8 Å². The van der Waals surface area contributed by atoms with Gasteiger partial charge in [0.1, 0.15) is 13.2 Å². The highest BCUT2D eigenvalue weighted by Gasteiger charge is 2.14. The molecule has 0 fully saturated rings. The van der Waals surface area contributed by atoms with Gasteiger partial charge in [-0.25, -0.2) is 4.79 Å². The van der Waals surface area contributed by atoms with Crippen LogP contribution in [-0.2, 0) is 14.3 Å². The molecule has 0 aromatic rings. The first-order valence-electron chi connectivity index (χ1n) is 5.06. The Bertz CT molecular complexity index is 233. The van der Waals surface area contributed by atoms with E-state index in [1.54, 1.807) is 0 Å². The third kappa shape index (κ3) is 7.34. The van der Waals surface area contributed by atoms with Crippen LogP contribution in [-0.4, -0.2) is 49.6 Å². The van der Waals surface area contributed by atoms with Crippen LogP contribution in [0.5, 0.6) is 0 Å². The van der Waals surface area contributed by atoms with Gasteiger partial charge in [0.2, 0.25) is 0 Å². The van der Waals surface area contributed by atoms with Gasteiger partial charge in [-0.1, -0.05) is 13.8 Å². The number of carbonyl (C=O) groups excluding carboxylic acids is 2. The van der Waals surface area contributed by atoms with Gasteiger partial charge in [-0.3, -0.25) is 4.79 Å². The lowest BCUT2D eigenvalue weighted by atomic mass is 10.2. The lowest BCUT2D eigenvalue weighted by molar-refractivity contribution is -0.145. The van der Waals surface area contributed by atoms with E-state index in [0.29, 0.717) is 6.61 Å². The first-order chi connectivity index (χ1) is 7.47. The molecule has 0 aliphatic rings. The molecule has 0 heterocycles. The monoisotopic (exact) mass is 251 g/mol. The molecule has 0 unspecified atom stereocenters. The highest BCUT2D eigenvalue weighted by Crippen LogP contribution is 1.96. The minimum Gasteiger partial charge on any atom is -0.464 e. The number of nitrogens with zero attached hydrogens (tertiary/aromatic N) is 1. The van der Waals surface area contributed by atoms with Crippen molar-refractivity contribution in [3.8, 4) is 0 Å². The second-order valence-corrected chi connectivity index (χ2v) is 4.11. The molecule has 0 atom stereocenters. The number of carbonyl (C=O) groups is 2. The van der Waals surface area contributed by atoms with E-state index >= 15 is 0 Å². The molecule has 5 nitrogen and oxygen atoms in total. The summed E-state index contributed by atoms with van der Waals surface area (Å²) in [7, 11) is 1.47. The van der Waals surface area contributed by atoms with Crippen LogP contribution in [0.2, 0.25) is 0 Å². The lowest BCUT2D eigenvalue weighted by Gasteiger charge is -2.16. The number of esters is 1. The van der Waals surface area contributed by atoms with Gasteiger partial charge in [0.25, 0.3) is 0 Å². The molecular weight excluding hydrogens is 234 g/mol. The molecule has 0 aromatic heterocycles. The molecule has 0 bridgehead atoms. The first-order valence-corrected chi connectivity index (χ1v) is 5.60. The van der Waals surface area contributed by atoms with Crippen LogP contribution >= 0.6 is 11.6 Å². The number of hydrogen-bond donors (Lipinski definition) is 0. The molecule has 0 saturated carbocycles. The molecule has 0 spiro atoms. The fourth-order valence-corrected chi connectivity index (χ4v) is 0.877. The van der Waals surface area contributed by atoms with Gasteiger partial charge in [-0.2, -0.15) is 0 Å². The third-order valence-corrected chi connectivity index (χ3v) is 1.71. The Morgan fingerprint density at radius 2 is 1.94 bits per heavy atom. The van der Waals surface area contributed by atoms with Crippen molar-refractivity contribution in [1.29, 1.82) is 0 Å². The van der Waals surface area contributed by atoms with E-state index in [9.17, 15) is 9.59 Å². The van der Waals surface area contributed by atoms with E-state index in [1.165, 1.54) is 7.05 Å². The molecular formula is C10H18ClNO4. The van der Waals surface area contributed by atoms with E-state index in [4.69, 9.17) is 21.1 Å². The van der Waals surface area contributed by atoms with Crippen molar-refractivity contribution in [1.82, 2.24) is 4.90 Å². The lowest BCUT2D eigenvalue weighted by Crippen LogP contribution is -2.34. The van der Waals surface area contributed by atoms with Crippen molar-refractivity contribution < 1.29 is 19.1 Å². The second-order valence-electron chi connectivity index (χ2n) is 3.74. The Morgan fingerprint density at radius 3 is 2.44 bits per heavy atom. The average Bonchev–Trinajstić information content (AvgIpc) is 2.22. The number of amides is 1. The Labute approximate surface area is 101 Å². The minimum absolute atomic E-state index is 0.117. The molecule has 0 aromatic carbocycles. The number of likely N-dealkylation sites (N-methyl/N-ethyl adjacent to an activating group) is 1. The Hall–Kier alpha value is -0.970. The summed E-state index contributed by atoms with van der Waals surface area (Å²) >= 11 is 5.35. The zero-order chi connectivity index (χ0) is 12.6. The molecule has 6 heteroatoms. The fraction of sp³-hybridized carbons (Fsp3) is 0.800. The first kappa shape index (κ1) is 15.0. The van der Waals surface area contributed by atoms with Gasteiger partial charge < -0.3 is 14.4 Å². The van der Waals surface area contributed by atoms with Crippen molar-refractivity contribution in [3.63, 3.8) is 0 Å². The number of rotatable bonds is 6. The van der Waals surface area contributed by atoms with Gasteiger partial charge in [-0.05, 0) is 5.92 Å². The Kier molecular flexibility index (Phi) is 7.72. The summed E-state index contributed by atoms with van der Waals surface area (Å²) in [5, 5.41) is 0. The number of ether oxygens (including phenoxy) is 2. The predicted octanol–water partition coefficient (Wildman–Crippen LogP) is 1.49. The van der Waals surface area contributed by atoms with E-state index in [2.05, 4.69) is 0 Å². The maximum atomic E-state index is 11.2. The predicted molar refractivity (Wildman–Crippen MR) is 60.5 cm³/mol. The molecule has 0 aliphatic heterocycles. The minimum atomic E-state index is -0.581. The highest BCUT2D eigenvalue weighted by molar-refractivity contribution is 6.18. The normalized spacial score (nSPS) is 10.1. The molecule has 94 valence electrons. The molecule has 0 rings (SSSR count). The zero-order valence-electron chi connectivity index (χ0n) is 9.86. The largest absolute Gasteiger partial charge is 0.464 e. The summed E-state index contributed by atoms with van der Waals surface area (Å²) in [4.78, 5) is 23.6. The molecule has 1 amide bonds. The standard InChI is InChI=1S/C10H18ClNO4/c1-8(2)7-16-9(13)6-12(3)10(14)15-5-4-11/h8H,4-7H2,1-3H3. The number of halogens is 1. The van der Waals surface area contributed by atoms with Crippen LogP contribution in [0.25, 0.3) is 0 Å². The maximum Gasteiger partial charge on any atom is 0.410 e. The van der Waals surface area contributed by atoms with Gasteiger partial charge in [0.15, 0.2) is 0 Å². The third-order valence-electron chi connectivity index (χ3n) is 1.56. The van der Waals surface area contributed by atoms with Crippen molar-refractivity contribution >= 4 is 23.7 Å². The summed E-state index contributed by atoms with van der Waals surface area (Å²) in [5.41, 5.74) is 0. The van der Waals surface area contributed by atoms with Crippen LogP contribution in [0, 0.1) is 5.92 Å². The van der Waals surface area contributed by atoms with E-state index in [-0.39, 0.29) is 24.9 Å². The van der Waals surface area contributed by atoms with Crippen molar-refractivity contribution in [3.05, 3.63) is 0 Å². The van der Waals surface area contributed by atoms with Crippen LogP contribution < -0.4 is 0 Å². The zero-order valence-corrected chi connectivity index (χ0v) is 10.6. The van der Waals surface area contributed by atoms with E-state index in [1.807, 2.05) is 13.8 Å². The van der Waals surface area contributed by atoms with Gasteiger partial charge in [0, 0.05) is 7.05 Å². The summed E-state index contributed by atoms with van der Waals surface area (Å²) in [5.74, 6) is 0.0636. The Balaban J connectivity index is 3.80. The second kappa shape index (κ2) is 8.21. The quantitative estimate of drug-likeness (QED) is 0.530. The molecule has 16 heavy (non-hydrogen) atoms. The van der Waals surface area contributed by atoms with Crippen molar-refractivity contribution in [2.24, 2.45) is 5.92 Å². The highest BCUT2D eigenvalue weighted by atomic mass is 35.5. The average molecular weight is 252 g/mol. The van der Waals surface area contributed by atoms with Gasteiger partial charge >= 0.3 is 12.1 Å². The van der Waals surface area contributed by atoms with Crippen molar-refractivity contribution in [2.45, 2.75) is 13.8 Å². The molecule has 0 radical (unpaired) electrons. The number of alkyl halides is 1. The summed E-state index contributed by atoms with van der Waals surface area (Å²) in [6.07, 6.45) is -0.581. The molecule has 0 N–H and O–H groups in total. The SMILES string of the molecule is CC(C)COC(=O)CN(C)C(=O)OCCCl. The van der Waals surface area contributed by atoms with E-state index < -0.39 is 12.1 Å². The number of hydrogen-bond acceptors (Lipinski definition) is 4. The Morgan fingerprint density at radius 1 is 1.31 bits per heavy atom. The molecule has 0 saturated heterocycles. The summed E-state index contributed by atoms with van der Waals surface area (Å²) in [6, 6.07) is 0. The smallest absolute Gasteiger partial charge is 0.410 e. The summed E-state index contributed by atoms with van der Waals surface area (Å²) < 4.78 is 9.64. The van der Waals surface area contributed by atoms with Gasteiger partial charge in [0.05, 0.1) is 12.5 Å². The van der Waals surface area contributed by atoms with Crippen LogP contribution in [0.3, 0.4) is 0 Å². The van der Waals surface area contributed by atoms with Crippen LogP contribution in [0.15, 0.2) is 0 Å². The maximum absolute atomic E-state index is 11.2. The summed E-state index contributed by atoms with van der Waals surface area (Å²) in [6.45, 7) is 4.24. The molecule has 0 aliphatic carbocycles. The van der Waals surface area contributed by atoms with Crippen LogP contribution in [0.4, 0.5) is 4.79 Å². The van der Waals surface area contributed by atoms with Gasteiger partial charge in [-0.15, -0.1) is 11.6 Å². The fourth-order valence-electron chi connectivity index (χ4n) is 0.800.